The molecule has 6 heteroatoms. The Balaban J connectivity index is 3.18. The van der Waals surface area contributed by atoms with Gasteiger partial charge in [-0.2, -0.15) is 0 Å². The van der Waals surface area contributed by atoms with Crippen molar-refractivity contribution in [3.8, 4) is 0 Å². The molecule has 2 atom stereocenters. The van der Waals surface area contributed by atoms with Gasteiger partial charge in [0.05, 0.1) is 24.5 Å². The van der Waals surface area contributed by atoms with Crippen molar-refractivity contribution in [2.45, 2.75) is 29.6 Å². The summed E-state index contributed by atoms with van der Waals surface area (Å²) < 4.78 is 29.5. The van der Waals surface area contributed by atoms with E-state index in [0.29, 0.717) is 0 Å². The van der Waals surface area contributed by atoms with Gasteiger partial charge in [-0.15, -0.1) is 0 Å². The third-order valence-corrected chi connectivity index (χ3v) is 5.01. The molecule has 0 saturated carbocycles. The van der Waals surface area contributed by atoms with Gasteiger partial charge in [-0.1, -0.05) is 30.4 Å². The molecule has 0 saturated heterocycles. The van der Waals surface area contributed by atoms with Crippen LogP contribution in [0.5, 0.6) is 0 Å². The van der Waals surface area contributed by atoms with Gasteiger partial charge in [0.1, 0.15) is 5.25 Å². The minimum absolute atomic E-state index is 0.0671. The number of benzene rings is 1. The highest BCUT2D eigenvalue weighted by molar-refractivity contribution is 7.92. The summed E-state index contributed by atoms with van der Waals surface area (Å²) >= 11 is 0. The molecule has 0 aliphatic heterocycles. The van der Waals surface area contributed by atoms with Crippen LogP contribution in [0.1, 0.15) is 13.3 Å². The maximum Gasteiger partial charge on any atom is 0.306 e. The van der Waals surface area contributed by atoms with Crippen LogP contribution >= 0.6 is 0 Å². The molecular weight excluding hydrogens is 280 g/mol. The van der Waals surface area contributed by atoms with Crippen molar-refractivity contribution < 1.29 is 23.1 Å². The van der Waals surface area contributed by atoms with E-state index in [1.807, 2.05) is 0 Å². The molecule has 5 nitrogen and oxygen atoms in total. The van der Waals surface area contributed by atoms with E-state index in [2.05, 4.69) is 4.74 Å². The van der Waals surface area contributed by atoms with E-state index in [4.69, 9.17) is 0 Å². The first kappa shape index (κ1) is 16.4. The summed E-state index contributed by atoms with van der Waals surface area (Å²) in [4.78, 5) is 11.5. The molecule has 0 amide bonds. The molecule has 0 heterocycles. The smallest absolute Gasteiger partial charge is 0.306 e. The largest absolute Gasteiger partial charge is 0.469 e. The first-order valence-corrected chi connectivity index (χ1v) is 7.64. The van der Waals surface area contributed by atoms with Gasteiger partial charge < -0.3 is 9.84 Å². The summed E-state index contributed by atoms with van der Waals surface area (Å²) in [7, 11) is -2.65. The number of aliphatic hydroxyl groups excluding tert-OH is 1. The van der Waals surface area contributed by atoms with Crippen molar-refractivity contribution in [3.05, 3.63) is 42.5 Å². The summed E-state index contributed by atoms with van der Waals surface area (Å²) in [5, 5.41) is 8.71. The number of carbonyl (C=O) groups excluding carboxylic acids is 1. The molecule has 0 spiro atoms. The molecule has 0 aliphatic rings. The minimum Gasteiger partial charge on any atom is -0.469 e. The Bertz CT molecular complexity index is 562. The molecule has 0 aliphatic carbocycles. The second-order valence-corrected chi connectivity index (χ2v) is 6.36. The van der Waals surface area contributed by atoms with Gasteiger partial charge in [-0.3, -0.25) is 4.79 Å². The monoisotopic (exact) mass is 298 g/mol. The molecule has 0 aromatic heterocycles. The van der Waals surface area contributed by atoms with Gasteiger partial charge in [0.25, 0.3) is 0 Å². The van der Waals surface area contributed by atoms with Crippen LogP contribution in [-0.2, 0) is 19.4 Å². The van der Waals surface area contributed by atoms with E-state index in [1.165, 1.54) is 31.4 Å². The predicted molar refractivity (Wildman–Crippen MR) is 74.9 cm³/mol. The van der Waals surface area contributed by atoms with E-state index >= 15 is 0 Å². The summed E-state index contributed by atoms with van der Waals surface area (Å²) in [6, 6.07) is 7.73. The van der Waals surface area contributed by atoms with Gasteiger partial charge in [0.2, 0.25) is 0 Å². The molecule has 20 heavy (non-hydrogen) atoms. The lowest BCUT2D eigenvalue weighted by Crippen LogP contribution is -2.35. The lowest BCUT2D eigenvalue weighted by atomic mass is 10.2. The van der Waals surface area contributed by atoms with E-state index in [9.17, 15) is 18.3 Å². The topological polar surface area (TPSA) is 80.7 Å². The van der Waals surface area contributed by atoms with Crippen LogP contribution in [0, 0.1) is 0 Å². The normalized spacial score (nSPS) is 14.9. The Kier molecular flexibility index (Phi) is 5.91. The van der Waals surface area contributed by atoms with E-state index in [-0.39, 0.29) is 4.90 Å². The SMILES string of the molecule is C/C=C/C(O)C(CC(=O)OC)S(=O)(=O)c1ccccc1. The Hall–Kier alpha value is -1.66. The molecule has 2 unspecified atom stereocenters. The average Bonchev–Trinajstić information content (AvgIpc) is 2.45. The van der Waals surface area contributed by atoms with E-state index in [0.717, 1.165) is 0 Å². The van der Waals surface area contributed by atoms with Crippen molar-refractivity contribution in [2.24, 2.45) is 0 Å². The van der Waals surface area contributed by atoms with Crippen LogP contribution < -0.4 is 0 Å². The number of rotatable bonds is 6. The standard InChI is InChI=1S/C14H18O5S/c1-3-7-12(15)13(10-14(16)19-2)20(17,18)11-8-5-4-6-9-11/h3-9,12-13,15H,10H2,1-2H3/b7-3+. The molecule has 1 N–H and O–H groups in total. The van der Waals surface area contributed by atoms with Crippen LogP contribution in [0.3, 0.4) is 0 Å². The first-order valence-electron chi connectivity index (χ1n) is 6.10. The third kappa shape index (κ3) is 3.91. The zero-order valence-corrected chi connectivity index (χ0v) is 12.2. The van der Waals surface area contributed by atoms with Crippen LogP contribution in [0.25, 0.3) is 0 Å². The van der Waals surface area contributed by atoms with Crippen molar-refractivity contribution in [1.29, 1.82) is 0 Å². The quantitative estimate of drug-likeness (QED) is 0.633. The second kappa shape index (κ2) is 7.21. The molecule has 1 aromatic rings. The third-order valence-electron chi connectivity index (χ3n) is 2.84. The summed E-state index contributed by atoms with van der Waals surface area (Å²) in [6.07, 6.45) is 1.20. The zero-order chi connectivity index (χ0) is 15.2. The van der Waals surface area contributed by atoms with Gasteiger partial charge >= 0.3 is 5.97 Å². The predicted octanol–water partition coefficient (Wildman–Crippen LogP) is 1.33. The van der Waals surface area contributed by atoms with Gasteiger partial charge in [0, 0.05) is 0 Å². The van der Waals surface area contributed by atoms with Crippen molar-refractivity contribution in [3.63, 3.8) is 0 Å². The number of esters is 1. The fraction of sp³-hybridized carbons (Fsp3) is 0.357. The van der Waals surface area contributed by atoms with Crippen molar-refractivity contribution in [1.82, 2.24) is 0 Å². The molecule has 0 fully saturated rings. The average molecular weight is 298 g/mol. The van der Waals surface area contributed by atoms with E-state index < -0.39 is 33.6 Å². The number of aliphatic hydroxyl groups is 1. The number of carbonyl (C=O) groups is 1. The highest BCUT2D eigenvalue weighted by Gasteiger charge is 2.34. The molecule has 0 bridgehead atoms. The fourth-order valence-corrected chi connectivity index (χ4v) is 3.47. The number of hydrogen-bond donors (Lipinski definition) is 1. The molecular formula is C14H18O5S. The van der Waals surface area contributed by atoms with E-state index in [1.54, 1.807) is 25.1 Å². The minimum atomic E-state index is -3.83. The highest BCUT2D eigenvalue weighted by Crippen LogP contribution is 2.22. The first-order chi connectivity index (χ1) is 9.43. The Morgan fingerprint density at radius 2 is 1.95 bits per heavy atom. The zero-order valence-electron chi connectivity index (χ0n) is 11.4. The number of ether oxygens (including phenoxy) is 1. The Morgan fingerprint density at radius 1 is 1.35 bits per heavy atom. The highest BCUT2D eigenvalue weighted by atomic mass is 32.2. The number of hydrogen-bond acceptors (Lipinski definition) is 5. The Labute approximate surface area is 118 Å². The number of allylic oxidation sites excluding steroid dienone is 1. The molecule has 110 valence electrons. The summed E-state index contributed by atoms with van der Waals surface area (Å²) in [5.41, 5.74) is 0. The van der Waals surface area contributed by atoms with Gasteiger partial charge in [0.15, 0.2) is 9.84 Å². The molecule has 1 aromatic carbocycles. The summed E-state index contributed by atoms with van der Waals surface area (Å²) in [5.74, 6) is -0.682. The Morgan fingerprint density at radius 3 is 2.45 bits per heavy atom. The summed E-state index contributed by atoms with van der Waals surface area (Å²) in [6.45, 7) is 1.66. The van der Waals surface area contributed by atoms with Crippen LogP contribution in [0.4, 0.5) is 0 Å². The maximum absolute atomic E-state index is 12.5. The van der Waals surface area contributed by atoms with Gasteiger partial charge in [-0.25, -0.2) is 8.42 Å². The fourth-order valence-electron chi connectivity index (χ4n) is 1.77. The van der Waals surface area contributed by atoms with Crippen LogP contribution in [-0.4, -0.2) is 38.0 Å². The van der Waals surface area contributed by atoms with Gasteiger partial charge in [-0.05, 0) is 19.1 Å². The molecule has 1 rings (SSSR count). The lowest BCUT2D eigenvalue weighted by molar-refractivity contribution is -0.141. The van der Waals surface area contributed by atoms with Crippen molar-refractivity contribution in [2.75, 3.05) is 7.11 Å². The lowest BCUT2D eigenvalue weighted by Gasteiger charge is -2.20. The molecule has 0 radical (unpaired) electrons. The number of sulfone groups is 1. The second-order valence-electron chi connectivity index (χ2n) is 4.19. The van der Waals surface area contributed by atoms with Crippen LogP contribution in [0.15, 0.2) is 47.4 Å². The maximum atomic E-state index is 12.5. The van der Waals surface area contributed by atoms with Crippen molar-refractivity contribution >= 4 is 15.8 Å². The number of methoxy groups -OCH3 is 1. The van der Waals surface area contributed by atoms with Crippen LogP contribution in [0.2, 0.25) is 0 Å².